The number of ether oxygens (including phenoxy) is 4. The molecule has 158 valence electrons. The Bertz CT molecular complexity index is 879. The first-order valence-electron chi connectivity index (χ1n) is 9.71. The van der Waals surface area contributed by atoms with Gasteiger partial charge >= 0.3 is 17.9 Å². The quantitative estimate of drug-likeness (QED) is 0.531. The molecule has 0 amide bonds. The van der Waals surface area contributed by atoms with Gasteiger partial charge in [0.05, 0.1) is 11.1 Å². The van der Waals surface area contributed by atoms with E-state index in [1.807, 2.05) is 13.8 Å². The Balaban J connectivity index is 1.87. The van der Waals surface area contributed by atoms with Crippen LogP contribution in [0, 0.1) is 5.92 Å². The Morgan fingerprint density at radius 2 is 1.23 bits per heavy atom. The molecule has 0 aliphatic carbocycles. The Morgan fingerprint density at radius 1 is 0.767 bits per heavy atom. The highest BCUT2D eigenvalue weighted by Gasteiger charge is 2.52. The summed E-state index contributed by atoms with van der Waals surface area (Å²) in [6, 6.07) is 16.8. The zero-order valence-corrected chi connectivity index (χ0v) is 17.0. The van der Waals surface area contributed by atoms with E-state index in [0.29, 0.717) is 11.1 Å². The number of hydrogen-bond donors (Lipinski definition) is 0. The van der Waals surface area contributed by atoms with Gasteiger partial charge in [-0.05, 0) is 30.2 Å². The Labute approximate surface area is 174 Å². The Morgan fingerprint density at radius 3 is 1.67 bits per heavy atom. The maximum atomic E-state index is 12.7. The van der Waals surface area contributed by atoms with E-state index < -0.39 is 42.5 Å². The van der Waals surface area contributed by atoms with Crippen LogP contribution in [0.2, 0.25) is 0 Å². The van der Waals surface area contributed by atoms with Crippen molar-refractivity contribution in [3.05, 3.63) is 71.8 Å². The number of carbonyl (C=O) groups is 3. The third-order valence-electron chi connectivity index (χ3n) is 4.65. The first-order chi connectivity index (χ1) is 14.4. The highest BCUT2D eigenvalue weighted by molar-refractivity contribution is 5.90. The third kappa shape index (κ3) is 5.04. The lowest BCUT2D eigenvalue weighted by atomic mass is 10.00. The molecule has 2 aromatic rings. The third-order valence-corrected chi connectivity index (χ3v) is 4.65. The maximum Gasteiger partial charge on any atom is 0.338 e. The minimum atomic E-state index is -1.18. The monoisotopic (exact) mass is 412 g/mol. The van der Waals surface area contributed by atoms with E-state index in [-0.39, 0.29) is 5.92 Å². The van der Waals surface area contributed by atoms with Crippen molar-refractivity contribution in [2.45, 2.75) is 45.4 Å². The fourth-order valence-electron chi connectivity index (χ4n) is 3.23. The number of rotatable bonds is 6. The summed E-state index contributed by atoms with van der Waals surface area (Å²) in [5, 5.41) is 0. The van der Waals surface area contributed by atoms with Crippen molar-refractivity contribution < 1.29 is 33.3 Å². The minimum Gasteiger partial charge on any atom is -0.452 e. The lowest BCUT2D eigenvalue weighted by molar-refractivity contribution is -0.188. The van der Waals surface area contributed by atoms with E-state index in [1.165, 1.54) is 6.92 Å². The summed E-state index contributed by atoms with van der Waals surface area (Å²) in [5.41, 5.74) is 0.671. The molecular formula is C23H24O7. The van der Waals surface area contributed by atoms with E-state index in [0.717, 1.165) is 0 Å². The van der Waals surface area contributed by atoms with Crippen molar-refractivity contribution in [2.75, 3.05) is 0 Å². The number of hydrogen-bond acceptors (Lipinski definition) is 7. The molecule has 2 aromatic carbocycles. The van der Waals surface area contributed by atoms with Crippen molar-refractivity contribution in [1.82, 2.24) is 0 Å². The minimum absolute atomic E-state index is 0.0999. The van der Waals surface area contributed by atoms with Gasteiger partial charge in [0.25, 0.3) is 0 Å². The SMILES string of the molecule is CC(=O)OC1O[C@@H](C(C)C)[C@H](OC(=O)c2ccccc2)C1OC(=O)c1ccccc1. The first kappa shape index (κ1) is 21.5. The standard InChI is InChI=1S/C23H24O7/c1-14(2)18-19(28-21(25)16-10-6-4-7-11-16)20(23(30-18)27-15(3)24)29-22(26)17-12-8-5-9-13-17/h4-14,18-20,23H,1-3H3/t18-,19-,20?,23?/m0/s1. The van der Waals surface area contributed by atoms with Gasteiger partial charge in [-0.1, -0.05) is 50.2 Å². The summed E-state index contributed by atoms with van der Waals surface area (Å²) in [6.45, 7) is 4.98. The van der Waals surface area contributed by atoms with Gasteiger partial charge in [0.2, 0.25) is 12.4 Å². The first-order valence-corrected chi connectivity index (χ1v) is 9.71. The van der Waals surface area contributed by atoms with Crippen LogP contribution >= 0.6 is 0 Å². The van der Waals surface area contributed by atoms with Crippen LogP contribution in [-0.4, -0.2) is 42.5 Å². The normalized spacial score (nSPS) is 23.1. The van der Waals surface area contributed by atoms with Crippen LogP contribution in [0.4, 0.5) is 0 Å². The molecule has 1 aliphatic heterocycles. The molecule has 0 N–H and O–H groups in total. The van der Waals surface area contributed by atoms with Gasteiger partial charge in [-0.15, -0.1) is 0 Å². The van der Waals surface area contributed by atoms with Crippen molar-refractivity contribution >= 4 is 17.9 Å². The molecule has 3 rings (SSSR count). The Kier molecular flexibility index (Phi) is 6.84. The lowest BCUT2D eigenvalue weighted by Gasteiger charge is -2.25. The second kappa shape index (κ2) is 9.54. The summed E-state index contributed by atoms with van der Waals surface area (Å²) in [4.78, 5) is 36.9. The molecule has 1 fully saturated rings. The molecule has 0 aromatic heterocycles. The summed E-state index contributed by atoms with van der Waals surface area (Å²) in [6.07, 6.45) is -3.87. The van der Waals surface area contributed by atoms with Crippen LogP contribution in [0.25, 0.3) is 0 Å². The number of benzene rings is 2. The van der Waals surface area contributed by atoms with Crippen LogP contribution in [0.5, 0.6) is 0 Å². The van der Waals surface area contributed by atoms with Gasteiger partial charge in [0, 0.05) is 6.92 Å². The highest BCUT2D eigenvalue weighted by atomic mass is 16.7. The zero-order valence-electron chi connectivity index (χ0n) is 17.0. The average Bonchev–Trinajstić information content (AvgIpc) is 3.05. The van der Waals surface area contributed by atoms with Gasteiger partial charge in [0.15, 0.2) is 6.10 Å². The fourth-order valence-corrected chi connectivity index (χ4v) is 3.23. The molecule has 2 unspecified atom stereocenters. The molecule has 7 nitrogen and oxygen atoms in total. The van der Waals surface area contributed by atoms with Gasteiger partial charge in [-0.3, -0.25) is 4.79 Å². The van der Waals surface area contributed by atoms with E-state index >= 15 is 0 Å². The molecule has 0 bridgehead atoms. The highest BCUT2D eigenvalue weighted by Crippen LogP contribution is 2.33. The summed E-state index contributed by atoms with van der Waals surface area (Å²) in [7, 11) is 0. The van der Waals surface area contributed by atoms with E-state index in [2.05, 4.69) is 0 Å². The molecule has 1 saturated heterocycles. The fraction of sp³-hybridized carbons (Fsp3) is 0.348. The van der Waals surface area contributed by atoms with Crippen LogP contribution in [-0.2, 0) is 23.7 Å². The van der Waals surface area contributed by atoms with Crippen molar-refractivity contribution in [2.24, 2.45) is 5.92 Å². The molecule has 4 atom stereocenters. The molecule has 1 aliphatic rings. The van der Waals surface area contributed by atoms with Gasteiger partial charge in [0.1, 0.15) is 6.10 Å². The second-order valence-electron chi connectivity index (χ2n) is 7.29. The predicted molar refractivity (Wildman–Crippen MR) is 107 cm³/mol. The smallest absolute Gasteiger partial charge is 0.338 e. The van der Waals surface area contributed by atoms with Crippen LogP contribution in [0.15, 0.2) is 60.7 Å². The second-order valence-corrected chi connectivity index (χ2v) is 7.29. The number of esters is 3. The van der Waals surface area contributed by atoms with E-state index in [9.17, 15) is 14.4 Å². The largest absolute Gasteiger partial charge is 0.452 e. The molecule has 0 spiro atoms. The van der Waals surface area contributed by atoms with Crippen LogP contribution in [0.3, 0.4) is 0 Å². The zero-order chi connectivity index (χ0) is 21.7. The molecule has 0 saturated carbocycles. The van der Waals surface area contributed by atoms with Crippen LogP contribution in [0.1, 0.15) is 41.5 Å². The van der Waals surface area contributed by atoms with Gasteiger partial charge in [-0.2, -0.15) is 0 Å². The average molecular weight is 412 g/mol. The molecule has 7 heteroatoms. The van der Waals surface area contributed by atoms with Gasteiger partial charge in [-0.25, -0.2) is 9.59 Å². The molecule has 30 heavy (non-hydrogen) atoms. The topological polar surface area (TPSA) is 88.1 Å². The molecule has 0 radical (unpaired) electrons. The Hall–Kier alpha value is -3.19. The number of carbonyl (C=O) groups excluding carboxylic acids is 3. The van der Waals surface area contributed by atoms with Crippen molar-refractivity contribution in [1.29, 1.82) is 0 Å². The van der Waals surface area contributed by atoms with E-state index in [1.54, 1.807) is 60.7 Å². The predicted octanol–water partition coefficient (Wildman–Crippen LogP) is 3.38. The maximum absolute atomic E-state index is 12.7. The summed E-state index contributed by atoms with van der Waals surface area (Å²) in [5.74, 6) is -1.92. The summed E-state index contributed by atoms with van der Waals surface area (Å²) < 4.78 is 22.4. The lowest BCUT2D eigenvalue weighted by Crippen LogP contribution is -2.42. The van der Waals surface area contributed by atoms with Crippen LogP contribution < -0.4 is 0 Å². The van der Waals surface area contributed by atoms with Crippen molar-refractivity contribution in [3.63, 3.8) is 0 Å². The molecule has 1 heterocycles. The van der Waals surface area contributed by atoms with Gasteiger partial charge < -0.3 is 18.9 Å². The summed E-state index contributed by atoms with van der Waals surface area (Å²) >= 11 is 0. The molecular weight excluding hydrogens is 388 g/mol. The van der Waals surface area contributed by atoms with Crippen molar-refractivity contribution in [3.8, 4) is 0 Å². The van der Waals surface area contributed by atoms with E-state index in [4.69, 9.17) is 18.9 Å².